The van der Waals surface area contributed by atoms with Crippen LogP contribution in [0.25, 0.3) is 0 Å². The lowest BCUT2D eigenvalue weighted by Crippen LogP contribution is -2.08. The lowest BCUT2D eigenvalue weighted by molar-refractivity contribution is 0.0391. The van der Waals surface area contributed by atoms with Crippen LogP contribution in [0.3, 0.4) is 0 Å². The molecule has 0 aliphatic carbocycles. The molecule has 0 unspecified atom stereocenters. The Hall–Kier alpha value is -1.33. The molecule has 0 spiro atoms. The van der Waals surface area contributed by atoms with Crippen LogP contribution in [-0.2, 0) is 4.74 Å². The molecule has 1 atom stereocenters. The van der Waals surface area contributed by atoms with Gasteiger partial charge in [-0.1, -0.05) is 30.3 Å². The fourth-order valence-corrected chi connectivity index (χ4v) is 1.08. The SMILES string of the molecule is CC(C)O[C@@H](C#N)c1ccccc1. The summed E-state index contributed by atoms with van der Waals surface area (Å²) in [5.74, 6) is 0. The fraction of sp³-hybridized carbons (Fsp3) is 0.364. The Bertz CT molecular complexity index is 287. The third kappa shape index (κ3) is 2.89. The van der Waals surface area contributed by atoms with Crippen LogP contribution < -0.4 is 0 Å². The van der Waals surface area contributed by atoms with Crippen molar-refractivity contribution in [3.63, 3.8) is 0 Å². The molecule has 0 saturated carbocycles. The summed E-state index contributed by atoms with van der Waals surface area (Å²) in [6, 6.07) is 11.7. The van der Waals surface area contributed by atoms with E-state index >= 15 is 0 Å². The van der Waals surface area contributed by atoms with Crippen LogP contribution in [0.15, 0.2) is 30.3 Å². The molecule has 0 fully saturated rings. The van der Waals surface area contributed by atoms with E-state index in [1.54, 1.807) is 0 Å². The van der Waals surface area contributed by atoms with E-state index in [2.05, 4.69) is 6.07 Å². The van der Waals surface area contributed by atoms with Gasteiger partial charge in [0.25, 0.3) is 0 Å². The van der Waals surface area contributed by atoms with Gasteiger partial charge in [-0.2, -0.15) is 5.26 Å². The summed E-state index contributed by atoms with van der Waals surface area (Å²) in [6.45, 7) is 3.85. The molecule has 0 bridgehead atoms. The van der Waals surface area contributed by atoms with Gasteiger partial charge in [0.2, 0.25) is 0 Å². The van der Waals surface area contributed by atoms with Gasteiger partial charge in [0.05, 0.1) is 12.2 Å². The first-order valence-corrected chi connectivity index (χ1v) is 4.34. The van der Waals surface area contributed by atoms with Crippen LogP contribution in [0, 0.1) is 11.3 Å². The van der Waals surface area contributed by atoms with Gasteiger partial charge in [-0.25, -0.2) is 0 Å². The minimum absolute atomic E-state index is 0.0739. The van der Waals surface area contributed by atoms with Gasteiger partial charge in [-0.15, -0.1) is 0 Å². The molecule has 0 N–H and O–H groups in total. The summed E-state index contributed by atoms with van der Waals surface area (Å²) < 4.78 is 5.42. The maximum atomic E-state index is 8.85. The Morgan fingerprint density at radius 3 is 2.31 bits per heavy atom. The highest BCUT2D eigenvalue weighted by atomic mass is 16.5. The predicted molar refractivity (Wildman–Crippen MR) is 51.0 cm³/mol. The highest BCUT2D eigenvalue weighted by Crippen LogP contribution is 2.17. The van der Waals surface area contributed by atoms with E-state index in [0.29, 0.717) is 0 Å². The highest BCUT2D eigenvalue weighted by molar-refractivity contribution is 5.21. The molecule has 0 amide bonds. The van der Waals surface area contributed by atoms with Crippen molar-refractivity contribution >= 4 is 0 Å². The first-order chi connectivity index (χ1) is 6.24. The van der Waals surface area contributed by atoms with Gasteiger partial charge in [0, 0.05) is 0 Å². The van der Waals surface area contributed by atoms with Crippen LogP contribution in [0.4, 0.5) is 0 Å². The summed E-state index contributed by atoms with van der Waals surface area (Å²) in [7, 11) is 0. The van der Waals surface area contributed by atoms with Crippen molar-refractivity contribution in [3.8, 4) is 6.07 Å². The Kier molecular flexibility index (Phi) is 3.48. The summed E-state index contributed by atoms with van der Waals surface area (Å²) in [5.41, 5.74) is 0.915. The topological polar surface area (TPSA) is 33.0 Å². The lowest BCUT2D eigenvalue weighted by atomic mass is 10.1. The zero-order valence-corrected chi connectivity index (χ0v) is 7.90. The third-order valence-electron chi connectivity index (χ3n) is 1.63. The van der Waals surface area contributed by atoms with Crippen molar-refractivity contribution in [2.75, 3.05) is 0 Å². The smallest absolute Gasteiger partial charge is 0.169 e. The highest BCUT2D eigenvalue weighted by Gasteiger charge is 2.11. The molecule has 0 radical (unpaired) electrons. The lowest BCUT2D eigenvalue weighted by Gasteiger charge is -2.13. The molecule has 1 aromatic rings. The summed E-state index contributed by atoms with van der Waals surface area (Å²) >= 11 is 0. The van der Waals surface area contributed by atoms with E-state index in [0.717, 1.165) is 5.56 Å². The van der Waals surface area contributed by atoms with Crippen molar-refractivity contribution in [2.45, 2.75) is 26.1 Å². The van der Waals surface area contributed by atoms with Crippen molar-refractivity contribution in [2.24, 2.45) is 0 Å². The van der Waals surface area contributed by atoms with Crippen molar-refractivity contribution in [1.29, 1.82) is 5.26 Å². The van der Waals surface area contributed by atoms with E-state index in [9.17, 15) is 0 Å². The molecular formula is C11H13NO. The second-order valence-corrected chi connectivity index (χ2v) is 3.10. The summed E-state index contributed by atoms with van der Waals surface area (Å²) in [5, 5.41) is 8.85. The van der Waals surface area contributed by atoms with Gasteiger partial charge < -0.3 is 4.74 Å². The molecule has 0 aromatic heterocycles. The summed E-state index contributed by atoms with van der Waals surface area (Å²) in [6.07, 6.45) is -0.369. The van der Waals surface area contributed by atoms with E-state index in [-0.39, 0.29) is 6.10 Å². The van der Waals surface area contributed by atoms with E-state index in [4.69, 9.17) is 10.00 Å². The predicted octanol–water partition coefficient (Wildman–Crippen LogP) is 2.68. The first-order valence-electron chi connectivity index (χ1n) is 4.34. The van der Waals surface area contributed by atoms with Gasteiger partial charge >= 0.3 is 0 Å². The van der Waals surface area contributed by atoms with Gasteiger partial charge in [-0.05, 0) is 19.4 Å². The van der Waals surface area contributed by atoms with Crippen molar-refractivity contribution < 1.29 is 4.74 Å². The monoisotopic (exact) mass is 175 g/mol. The largest absolute Gasteiger partial charge is 0.356 e. The number of benzene rings is 1. The average Bonchev–Trinajstić information content (AvgIpc) is 2.15. The fourth-order valence-electron chi connectivity index (χ4n) is 1.08. The molecule has 13 heavy (non-hydrogen) atoms. The molecule has 68 valence electrons. The zero-order valence-electron chi connectivity index (χ0n) is 7.90. The normalized spacial score (nSPS) is 12.5. The Labute approximate surface area is 78.8 Å². The zero-order chi connectivity index (χ0) is 9.68. The Balaban J connectivity index is 2.75. The average molecular weight is 175 g/mol. The standard InChI is InChI=1S/C11H13NO/c1-9(2)13-11(8-12)10-6-4-3-5-7-10/h3-7,9,11H,1-2H3/t11-/m0/s1. The first kappa shape index (κ1) is 9.76. The van der Waals surface area contributed by atoms with Crippen LogP contribution >= 0.6 is 0 Å². The number of ether oxygens (including phenoxy) is 1. The number of hydrogen-bond acceptors (Lipinski definition) is 2. The number of nitrogens with zero attached hydrogens (tertiary/aromatic N) is 1. The van der Waals surface area contributed by atoms with Crippen LogP contribution in [-0.4, -0.2) is 6.10 Å². The van der Waals surface area contributed by atoms with Crippen molar-refractivity contribution in [3.05, 3.63) is 35.9 Å². The molecule has 0 saturated heterocycles. The van der Waals surface area contributed by atoms with E-state index in [1.165, 1.54) is 0 Å². The third-order valence-corrected chi connectivity index (χ3v) is 1.63. The van der Waals surface area contributed by atoms with Crippen LogP contribution in [0.5, 0.6) is 0 Å². The second-order valence-electron chi connectivity index (χ2n) is 3.10. The molecule has 2 nitrogen and oxygen atoms in total. The number of rotatable bonds is 3. The van der Waals surface area contributed by atoms with Crippen LogP contribution in [0.1, 0.15) is 25.5 Å². The molecule has 2 heteroatoms. The number of hydrogen-bond donors (Lipinski definition) is 0. The number of nitriles is 1. The summed E-state index contributed by atoms with van der Waals surface area (Å²) in [4.78, 5) is 0. The van der Waals surface area contributed by atoms with E-state index < -0.39 is 6.10 Å². The quantitative estimate of drug-likeness (QED) is 0.707. The molecule has 0 heterocycles. The molecule has 0 aliphatic rings. The maximum Gasteiger partial charge on any atom is 0.169 e. The molecule has 1 aromatic carbocycles. The van der Waals surface area contributed by atoms with Gasteiger partial charge in [0.1, 0.15) is 0 Å². The Morgan fingerprint density at radius 1 is 1.23 bits per heavy atom. The molecule has 1 rings (SSSR count). The van der Waals surface area contributed by atoms with E-state index in [1.807, 2.05) is 44.2 Å². The minimum atomic E-state index is -0.443. The molecule has 0 aliphatic heterocycles. The van der Waals surface area contributed by atoms with Gasteiger partial charge in [-0.3, -0.25) is 0 Å². The van der Waals surface area contributed by atoms with Gasteiger partial charge in [0.15, 0.2) is 6.10 Å². The Morgan fingerprint density at radius 2 is 1.85 bits per heavy atom. The maximum absolute atomic E-state index is 8.85. The molecular weight excluding hydrogens is 162 g/mol. The van der Waals surface area contributed by atoms with Crippen LogP contribution in [0.2, 0.25) is 0 Å². The van der Waals surface area contributed by atoms with Crippen molar-refractivity contribution in [1.82, 2.24) is 0 Å². The minimum Gasteiger partial charge on any atom is -0.356 e. The second kappa shape index (κ2) is 4.64.